The maximum absolute atomic E-state index is 5.98. The monoisotopic (exact) mass is 283 g/mol. The molecule has 0 bridgehead atoms. The Morgan fingerprint density at radius 3 is 2.90 bits per heavy atom. The molecule has 2 aliphatic heterocycles. The van der Waals surface area contributed by atoms with Crippen LogP contribution in [-0.4, -0.2) is 74.4 Å². The summed E-state index contributed by atoms with van der Waals surface area (Å²) in [4.78, 5) is 5.15. The number of unbranched alkanes of at least 4 members (excludes halogenated alkanes) is 1. The van der Waals surface area contributed by atoms with Crippen LogP contribution in [0.3, 0.4) is 0 Å². The van der Waals surface area contributed by atoms with Crippen molar-refractivity contribution in [2.75, 3.05) is 52.4 Å². The number of hydrogen-bond acceptors (Lipinski definition) is 4. The minimum atomic E-state index is 0.405. The summed E-state index contributed by atoms with van der Waals surface area (Å²) in [5.74, 6) is 0. The normalized spacial score (nSPS) is 28.4. The molecule has 2 saturated heterocycles. The van der Waals surface area contributed by atoms with Crippen LogP contribution in [0.25, 0.3) is 0 Å². The number of likely N-dealkylation sites (N-methyl/N-ethyl adjacent to an activating group) is 1. The highest BCUT2D eigenvalue weighted by Gasteiger charge is 2.24. The summed E-state index contributed by atoms with van der Waals surface area (Å²) < 4.78 is 5.98. The molecule has 2 fully saturated rings. The molecule has 4 nitrogen and oxygen atoms in total. The fourth-order valence-electron chi connectivity index (χ4n) is 3.33. The van der Waals surface area contributed by atoms with Gasteiger partial charge in [0, 0.05) is 32.2 Å². The van der Waals surface area contributed by atoms with Crippen LogP contribution in [0.2, 0.25) is 0 Å². The molecule has 1 N–H and O–H groups in total. The van der Waals surface area contributed by atoms with E-state index in [9.17, 15) is 0 Å². The fourth-order valence-corrected chi connectivity index (χ4v) is 3.33. The Labute approximate surface area is 124 Å². The van der Waals surface area contributed by atoms with Gasteiger partial charge in [-0.3, -0.25) is 9.80 Å². The van der Waals surface area contributed by atoms with Crippen molar-refractivity contribution in [3.05, 3.63) is 0 Å². The Kier molecular flexibility index (Phi) is 7.28. The second kappa shape index (κ2) is 8.98. The van der Waals surface area contributed by atoms with Crippen LogP contribution in [0.1, 0.15) is 39.5 Å². The van der Waals surface area contributed by atoms with Gasteiger partial charge in [-0.15, -0.1) is 0 Å². The van der Waals surface area contributed by atoms with E-state index in [2.05, 4.69) is 29.0 Å². The SMILES string of the molecule is CCCCN(CC1CCCN1)CC1CN(CC)CCO1. The molecule has 0 radical (unpaired) electrons. The van der Waals surface area contributed by atoms with Crippen molar-refractivity contribution in [1.29, 1.82) is 0 Å². The molecule has 0 spiro atoms. The molecule has 0 saturated carbocycles. The molecule has 118 valence electrons. The minimum Gasteiger partial charge on any atom is -0.374 e. The lowest BCUT2D eigenvalue weighted by Crippen LogP contribution is -2.49. The molecule has 0 aromatic carbocycles. The summed E-state index contributed by atoms with van der Waals surface area (Å²) in [6.07, 6.45) is 5.67. The standard InChI is InChI=1S/C16H33N3O/c1-3-5-9-19(12-15-7-6-8-17-15)14-16-13-18(4-2)10-11-20-16/h15-17H,3-14H2,1-2H3. The fraction of sp³-hybridized carbons (Fsp3) is 1.00. The van der Waals surface area contributed by atoms with Crippen molar-refractivity contribution in [3.8, 4) is 0 Å². The maximum atomic E-state index is 5.98. The van der Waals surface area contributed by atoms with Gasteiger partial charge in [0.25, 0.3) is 0 Å². The summed E-state index contributed by atoms with van der Waals surface area (Å²) in [7, 11) is 0. The quantitative estimate of drug-likeness (QED) is 0.732. The van der Waals surface area contributed by atoms with E-state index in [1.165, 1.54) is 45.3 Å². The number of morpholine rings is 1. The Morgan fingerprint density at radius 2 is 2.20 bits per heavy atom. The molecule has 2 atom stereocenters. The molecule has 0 aliphatic carbocycles. The zero-order chi connectivity index (χ0) is 14.2. The minimum absolute atomic E-state index is 0.405. The molecule has 2 heterocycles. The number of hydrogen-bond donors (Lipinski definition) is 1. The van der Waals surface area contributed by atoms with Crippen molar-refractivity contribution in [3.63, 3.8) is 0 Å². The third kappa shape index (κ3) is 5.32. The predicted octanol–water partition coefficient (Wildman–Crippen LogP) is 1.56. The highest BCUT2D eigenvalue weighted by Crippen LogP contribution is 2.11. The lowest BCUT2D eigenvalue weighted by atomic mass is 10.1. The molecule has 4 heteroatoms. The van der Waals surface area contributed by atoms with Crippen LogP contribution >= 0.6 is 0 Å². The van der Waals surface area contributed by atoms with Crippen LogP contribution < -0.4 is 5.32 Å². The molecule has 2 unspecified atom stereocenters. The van der Waals surface area contributed by atoms with Crippen LogP contribution in [0.4, 0.5) is 0 Å². The van der Waals surface area contributed by atoms with Crippen molar-refractivity contribution >= 4 is 0 Å². The van der Waals surface area contributed by atoms with Gasteiger partial charge in [-0.25, -0.2) is 0 Å². The lowest BCUT2D eigenvalue weighted by Gasteiger charge is -2.36. The van der Waals surface area contributed by atoms with E-state index in [-0.39, 0.29) is 0 Å². The smallest absolute Gasteiger partial charge is 0.0829 e. The average Bonchev–Trinajstić information content (AvgIpc) is 2.98. The zero-order valence-corrected chi connectivity index (χ0v) is 13.4. The largest absolute Gasteiger partial charge is 0.374 e. The van der Waals surface area contributed by atoms with Crippen molar-refractivity contribution in [2.45, 2.75) is 51.7 Å². The van der Waals surface area contributed by atoms with Gasteiger partial charge in [0.05, 0.1) is 12.7 Å². The second-order valence-electron chi connectivity index (χ2n) is 6.29. The highest BCUT2D eigenvalue weighted by atomic mass is 16.5. The van der Waals surface area contributed by atoms with E-state index in [4.69, 9.17) is 4.74 Å². The number of rotatable bonds is 8. The van der Waals surface area contributed by atoms with Crippen molar-refractivity contribution in [2.24, 2.45) is 0 Å². The molecule has 2 rings (SSSR count). The van der Waals surface area contributed by atoms with Crippen LogP contribution in [0.15, 0.2) is 0 Å². The number of ether oxygens (including phenoxy) is 1. The first-order valence-corrected chi connectivity index (χ1v) is 8.61. The van der Waals surface area contributed by atoms with E-state index in [0.29, 0.717) is 12.1 Å². The van der Waals surface area contributed by atoms with Gasteiger partial charge in [-0.1, -0.05) is 20.3 Å². The van der Waals surface area contributed by atoms with Gasteiger partial charge >= 0.3 is 0 Å². The average molecular weight is 283 g/mol. The molecule has 0 aromatic rings. The Hall–Kier alpha value is -0.160. The van der Waals surface area contributed by atoms with Gasteiger partial charge in [-0.2, -0.15) is 0 Å². The maximum Gasteiger partial charge on any atom is 0.0829 e. The van der Waals surface area contributed by atoms with E-state index in [1.54, 1.807) is 0 Å². The summed E-state index contributed by atoms with van der Waals surface area (Å²) in [5, 5.41) is 3.63. The first kappa shape index (κ1) is 16.2. The van der Waals surface area contributed by atoms with Gasteiger partial charge in [0.2, 0.25) is 0 Å². The molecule has 0 aromatic heterocycles. The van der Waals surface area contributed by atoms with Crippen molar-refractivity contribution in [1.82, 2.24) is 15.1 Å². The lowest BCUT2D eigenvalue weighted by molar-refractivity contribution is -0.0426. The number of nitrogens with one attached hydrogen (secondary N) is 1. The topological polar surface area (TPSA) is 27.7 Å². The Balaban J connectivity index is 1.78. The summed E-state index contributed by atoms with van der Waals surface area (Å²) >= 11 is 0. The number of nitrogens with zero attached hydrogens (tertiary/aromatic N) is 2. The highest BCUT2D eigenvalue weighted by molar-refractivity contribution is 4.81. The van der Waals surface area contributed by atoms with Crippen molar-refractivity contribution < 1.29 is 4.74 Å². The van der Waals surface area contributed by atoms with E-state index in [1.807, 2.05) is 0 Å². The van der Waals surface area contributed by atoms with E-state index < -0.39 is 0 Å². The third-order valence-electron chi connectivity index (χ3n) is 4.60. The molecule has 2 aliphatic rings. The molecule has 0 amide bonds. The molecular weight excluding hydrogens is 250 g/mol. The van der Waals surface area contributed by atoms with Gasteiger partial charge in [0.15, 0.2) is 0 Å². The van der Waals surface area contributed by atoms with Gasteiger partial charge < -0.3 is 10.1 Å². The van der Waals surface area contributed by atoms with Gasteiger partial charge in [-0.05, 0) is 38.9 Å². The predicted molar refractivity (Wildman–Crippen MR) is 84.2 cm³/mol. The first-order valence-electron chi connectivity index (χ1n) is 8.61. The summed E-state index contributed by atoms with van der Waals surface area (Å²) in [6, 6.07) is 0.706. The Bertz CT molecular complexity index is 256. The Morgan fingerprint density at radius 1 is 1.30 bits per heavy atom. The molecule has 20 heavy (non-hydrogen) atoms. The zero-order valence-electron chi connectivity index (χ0n) is 13.4. The first-order chi connectivity index (χ1) is 9.81. The van der Waals surface area contributed by atoms with Crippen LogP contribution in [0, 0.1) is 0 Å². The van der Waals surface area contributed by atoms with Gasteiger partial charge in [0.1, 0.15) is 0 Å². The summed E-state index contributed by atoms with van der Waals surface area (Å²) in [5.41, 5.74) is 0. The summed E-state index contributed by atoms with van der Waals surface area (Å²) in [6.45, 7) is 13.5. The molecular formula is C16H33N3O. The third-order valence-corrected chi connectivity index (χ3v) is 4.60. The second-order valence-corrected chi connectivity index (χ2v) is 6.29. The van der Waals surface area contributed by atoms with E-state index in [0.717, 1.165) is 32.8 Å². The van der Waals surface area contributed by atoms with Crippen LogP contribution in [0.5, 0.6) is 0 Å². The van der Waals surface area contributed by atoms with E-state index >= 15 is 0 Å². The van der Waals surface area contributed by atoms with Crippen LogP contribution in [-0.2, 0) is 4.74 Å².